The molecule has 1 aromatic heterocycles. The first-order valence-corrected chi connectivity index (χ1v) is 6.72. The van der Waals surface area contributed by atoms with Crippen LogP contribution in [0.5, 0.6) is 0 Å². The van der Waals surface area contributed by atoms with Crippen LogP contribution in [0.25, 0.3) is 0 Å². The highest BCUT2D eigenvalue weighted by atomic mass is 16.6. The Morgan fingerprint density at radius 3 is 2.95 bits per heavy atom. The maximum atomic E-state index is 12.0. The van der Waals surface area contributed by atoms with Gasteiger partial charge in [0.05, 0.1) is 23.4 Å². The fourth-order valence-electron chi connectivity index (χ4n) is 2.61. The lowest BCUT2D eigenvalue weighted by Crippen LogP contribution is -2.38. The van der Waals surface area contributed by atoms with Gasteiger partial charge in [0.2, 0.25) is 0 Å². The average molecular weight is 280 g/mol. The molecule has 1 aromatic rings. The van der Waals surface area contributed by atoms with Gasteiger partial charge in [-0.2, -0.15) is 0 Å². The number of likely N-dealkylation sites (N-methyl/N-ethyl adjacent to an activating group) is 2. The molecule has 2 heterocycles. The van der Waals surface area contributed by atoms with Crippen molar-refractivity contribution in [2.75, 3.05) is 33.7 Å². The van der Waals surface area contributed by atoms with E-state index >= 15 is 0 Å². The van der Waals surface area contributed by atoms with Crippen LogP contribution in [0.4, 0.5) is 5.69 Å². The topological polar surface area (TPSA) is 82.5 Å². The van der Waals surface area contributed by atoms with Gasteiger partial charge in [-0.3, -0.25) is 19.8 Å². The summed E-state index contributed by atoms with van der Waals surface area (Å²) < 4.78 is 0. The first-order chi connectivity index (χ1) is 9.47. The van der Waals surface area contributed by atoms with Gasteiger partial charge >= 0.3 is 0 Å². The van der Waals surface area contributed by atoms with E-state index in [1.54, 1.807) is 0 Å². The molecular weight excluding hydrogens is 260 g/mol. The number of carbonyl (C=O) groups is 1. The Labute approximate surface area is 117 Å². The number of nitro groups is 1. The SMILES string of the molecule is CN(CC(=O)c1cc([N+](=O)[O-])c[nH]1)CC1CCCN1C. The van der Waals surface area contributed by atoms with E-state index in [0.29, 0.717) is 11.7 Å². The van der Waals surface area contributed by atoms with Crippen molar-refractivity contribution < 1.29 is 9.72 Å². The quantitative estimate of drug-likeness (QED) is 0.480. The Balaban J connectivity index is 1.88. The summed E-state index contributed by atoms with van der Waals surface area (Å²) in [5.74, 6) is -0.124. The van der Waals surface area contributed by atoms with Gasteiger partial charge in [-0.25, -0.2) is 0 Å². The second-order valence-corrected chi connectivity index (χ2v) is 5.43. The third kappa shape index (κ3) is 3.43. The van der Waals surface area contributed by atoms with Gasteiger partial charge in [-0.1, -0.05) is 0 Å². The van der Waals surface area contributed by atoms with Crippen molar-refractivity contribution in [3.8, 4) is 0 Å². The molecule has 1 fully saturated rings. The summed E-state index contributed by atoms with van der Waals surface area (Å²) in [5.41, 5.74) is 0.217. The average Bonchev–Trinajstić information content (AvgIpc) is 2.99. The molecular formula is C13H20N4O3. The molecule has 0 amide bonds. The van der Waals surface area contributed by atoms with Crippen molar-refractivity contribution >= 4 is 11.5 Å². The van der Waals surface area contributed by atoms with Crippen LogP contribution in [0.3, 0.4) is 0 Å². The van der Waals surface area contributed by atoms with E-state index in [-0.39, 0.29) is 18.0 Å². The predicted octanol–water partition coefficient (Wildman–Crippen LogP) is 1.13. The summed E-state index contributed by atoms with van der Waals surface area (Å²) >= 11 is 0. The Kier molecular flexibility index (Phi) is 4.51. The van der Waals surface area contributed by atoms with E-state index in [1.165, 1.54) is 18.7 Å². The fourth-order valence-corrected chi connectivity index (χ4v) is 2.61. The van der Waals surface area contributed by atoms with Gasteiger partial charge in [0, 0.05) is 18.7 Å². The monoisotopic (exact) mass is 280 g/mol. The minimum Gasteiger partial charge on any atom is -0.353 e. The molecule has 1 aliphatic rings. The molecule has 1 atom stereocenters. The number of aromatic nitrogens is 1. The number of hydrogen-bond acceptors (Lipinski definition) is 5. The van der Waals surface area contributed by atoms with Crippen LogP contribution in [0, 0.1) is 10.1 Å². The lowest BCUT2D eigenvalue weighted by atomic mass is 10.2. The summed E-state index contributed by atoms with van der Waals surface area (Å²) in [7, 11) is 4.00. The van der Waals surface area contributed by atoms with E-state index in [2.05, 4.69) is 16.9 Å². The van der Waals surface area contributed by atoms with Crippen LogP contribution in [0.2, 0.25) is 0 Å². The molecule has 7 heteroatoms. The molecule has 2 rings (SSSR count). The third-order valence-corrected chi connectivity index (χ3v) is 3.79. The number of nitrogens with one attached hydrogen (secondary N) is 1. The van der Waals surface area contributed by atoms with Crippen molar-refractivity contribution in [1.82, 2.24) is 14.8 Å². The van der Waals surface area contributed by atoms with Crippen LogP contribution < -0.4 is 0 Å². The molecule has 0 aliphatic carbocycles. The smallest absolute Gasteiger partial charge is 0.287 e. The molecule has 1 N–H and O–H groups in total. The number of hydrogen-bond donors (Lipinski definition) is 1. The number of ketones is 1. The molecule has 1 aliphatic heterocycles. The summed E-state index contributed by atoms with van der Waals surface area (Å²) in [4.78, 5) is 29.1. The maximum absolute atomic E-state index is 12.0. The Hall–Kier alpha value is -1.73. The second-order valence-electron chi connectivity index (χ2n) is 5.43. The zero-order valence-electron chi connectivity index (χ0n) is 11.8. The number of aromatic amines is 1. The van der Waals surface area contributed by atoms with E-state index in [1.807, 2.05) is 11.9 Å². The zero-order chi connectivity index (χ0) is 14.7. The van der Waals surface area contributed by atoms with Crippen molar-refractivity contribution in [2.24, 2.45) is 0 Å². The highest BCUT2D eigenvalue weighted by Gasteiger charge is 2.23. The molecule has 1 unspecified atom stereocenters. The minimum atomic E-state index is -0.509. The second kappa shape index (κ2) is 6.15. The van der Waals surface area contributed by atoms with Gasteiger partial charge in [0.1, 0.15) is 0 Å². The standard InChI is InChI=1S/C13H20N4O3/c1-15(8-10-4-3-5-16(10)2)9-13(18)12-6-11(7-14-12)17(19)20/h6-7,10,14H,3-5,8-9H2,1-2H3. The molecule has 0 radical (unpaired) electrons. The Morgan fingerprint density at radius 2 is 2.40 bits per heavy atom. The van der Waals surface area contributed by atoms with Gasteiger partial charge < -0.3 is 9.88 Å². The van der Waals surface area contributed by atoms with Crippen molar-refractivity contribution in [3.05, 3.63) is 28.1 Å². The van der Waals surface area contributed by atoms with Gasteiger partial charge in [0.15, 0.2) is 5.78 Å². The van der Waals surface area contributed by atoms with Gasteiger partial charge in [0.25, 0.3) is 5.69 Å². The Morgan fingerprint density at radius 1 is 1.65 bits per heavy atom. The molecule has 0 saturated carbocycles. The van der Waals surface area contributed by atoms with Crippen molar-refractivity contribution in [3.63, 3.8) is 0 Å². The largest absolute Gasteiger partial charge is 0.353 e. The number of rotatable bonds is 6. The van der Waals surface area contributed by atoms with Gasteiger partial charge in [-0.15, -0.1) is 0 Å². The molecule has 1 saturated heterocycles. The van der Waals surface area contributed by atoms with E-state index in [9.17, 15) is 14.9 Å². The summed E-state index contributed by atoms with van der Waals surface area (Å²) in [6, 6.07) is 1.78. The number of H-pyrrole nitrogens is 1. The highest BCUT2D eigenvalue weighted by Crippen LogP contribution is 2.16. The van der Waals surface area contributed by atoms with Crippen LogP contribution in [0.1, 0.15) is 23.3 Å². The first kappa shape index (κ1) is 14.7. The van der Waals surface area contributed by atoms with Crippen LogP contribution in [-0.2, 0) is 0 Å². The third-order valence-electron chi connectivity index (χ3n) is 3.79. The number of carbonyl (C=O) groups excluding carboxylic acids is 1. The molecule has 0 bridgehead atoms. The molecule has 0 spiro atoms. The lowest BCUT2D eigenvalue weighted by molar-refractivity contribution is -0.384. The van der Waals surface area contributed by atoms with E-state index in [0.717, 1.165) is 19.5 Å². The molecule has 7 nitrogen and oxygen atoms in total. The van der Waals surface area contributed by atoms with Gasteiger partial charge in [-0.05, 0) is 33.5 Å². The fraction of sp³-hybridized carbons (Fsp3) is 0.615. The van der Waals surface area contributed by atoms with Crippen molar-refractivity contribution in [1.29, 1.82) is 0 Å². The predicted molar refractivity (Wildman–Crippen MR) is 74.9 cm³/mol. The number of Topliss-reactive ketones (excluding diaryl/α,β-unsaturated/α-hetero) is 1. The molecule has 0 aromatic carbocycles. The van der Waals surface area contributed by atoms with Crippen LogP contribution in [-0.4, -0.2) is 65.3 Å². The van der Waals surface area contributed by atoms with E-state index < -0.39 is 4.92 Å². The summed E-state index contributed by atoms with van der Waals surface area (Å²) in [6.45, 7) is 2.21. The van der Waals surface area contributed by atoms with Crippen molar-refractivity contribution in [2.45, 2.75) is 18.9 Å². The molecule has 110 valence electrons. The van der Waals surface area contributed by atoms with Crippen LogP contribution >= 0.6 is 0 Å². The minimum absolute atomic E-state index is 0.0773. The normalized spacial score (nSPS) is 19.6. The molecule has 20 heavy (non-hydrogen) atoms. The van der Waals surface area contributed by atoms with Crippen LogP contribution in [0.15, 0.2) is 12.3 Å². The zero-order valence-corrected chi connectivity index (χ0v) is 11.8. The Bertz CT molecular complexity index is 500. The first-order valence-electron chi connectivity index (χ1n) is 6.72. The summed E-state index contributed by atoms with van der Waals surface area (Å²) in [5, 5.41) is 10.6. The summed E-state index contributed by atoms with van der Waals surface area (Å²) in [6.07, 6.45) is 3.60. The number of likely N-dealkylation sites (tertiary alicyclic amines) is 1. The lowest BCUT2D eigenvalue weighted by Gasteiger charge is -2.25. The number of nitrogens with zero attached hydrogens (tertiary/aromatic N) is 3. The van der Waals surface area contributed by atoms with E-state index in [4.69, 9.17) is 0 Å². The maximum Gasteiger partial charge on any atom is 0.287 e. The highest BCUT2D eigenvalue weighted by molar-refractivity contribution is 5.96.